The summed E-state index contributed by atoms with van der Waals surface area (Å²) in [7, 11) is 0. The summed E-state index contributed by atoms with van der Waals surface area (Å²) in [5.74, 6) is -2.03. The van der Waals surface area contributed by atoms with E-state index in [-0.39, 0.29) is 24.2 Å². The Hall–Kier alpha value is -1.73. The first-order valence-electron chi connectivity index (χ1n) is 8.23. The standard InChI is InChI=1S/C19H24F3NO2S/c1-3-6-13-7-5-8-15(14(13)4-2)16(19(20,21)22)9-11-26-12-10-17(23)18(24)25/h3-8,16-17H,2,9-12,23H2,1H3,(H,24,25)/b6-3-. The number of thioether (sulfide) groups is 1. The second kappa shape index (κ2) is 10.4. The van der Waals surface area contributed by atoms with E-state index >= 15 is 0 Å². The maximum Gasteiger partial charge on any atom is 0.395 e. The van der Waals surface area contributed by atoms with Crippen molar-refractivity contribution in [2.45, 2.75) is 37.9 Å². The van der Waals surface area contributed by atoms with Crippen molar-refractivity contribution in [1.82, 2.24) is 0 Å². The van der Waals surface area contributed by atoms with Gasteiger partial charge in [0.15, 0.2) is 0 Å². The second-order valence-corrected chi connectivity index (χ2v) is 7.01. The zero-order valence-electron chi connectivity index (χ0n) is 14.6. The molecule has 0 bridgehead atoms. The Bertz CT molecular complexity index is 644. The van der Waals surface area contributed by atoms with Crippen LogP contribution in [0.4, 0.5) is 13.2 Å². The summed E-state index contributed by atoms with van der Waals surface area (Å²) < 4.78 is 40.9. The summed E-state index contributed by atoms with van der Waals surface area (Å²) in [6.45, 7) is 5.47. The van der Waals surface area contributed by atoms with E-state index in [1.165, 1.54) is 23.9 Å². The van der Waals surface area contributed by atoms with Gasteiger partial charge in [-0.15, -0.1) is 0 Å². The van der Waals surface area contributed by atoms with Crippen molar-refractivity contribution in [3.63, 3.8) is 0 Å². The predicted octanol–water partition coefficient (Wildman–Crippen LogP) is 4.93. The summed E-state index contributed by atoms with van der Waals surface area (Å²) in [4.78, 5) is 10.6. The van der Waals surface area contributed by atoms with Crippen LogP contribution in [-0.2, 0) is 4.79 Å². The van der Waals surface area contributed by atoms with Crippen LogP contribution in [0.5, 0.6) is 0 Å². The lowest BCUT2D eigenvalue weighted by molar-refractivity contribution is -0.150. The Morgan fingerprint density at radius 2 is 2.00 bits per heavy atom. The first-order chi connectivity index (χ1) is 12.2. The van der Waals surface area contributed by atoms with Crippen LogP contribution >= 0.6 is 11.8 Å². The van der Waals surface area contributed by atoms with Gasteiger partial charge in [-0.05, 0) is 48.0 Å². The molecule has 0 aromatic heterocycles. The zero-order chi connectivity index (χ0) is 19.7. The summed E-state index contributed by atoms with van der Waals surface area (Å²) in [5.41, 5.74) is 6.80. The number of aliphatic carboxylic acids is 1. The van der Waals surface area contributed by atoms with Crippen molar-refractivity contribution in [3.05, 3.63) is 47.5 Å². The highest BCUT2D eigenvalue weighted by atomic mass is 32.2. The van der Waals surface area contributed by atoms with Crippen molar-refractivity contribution < 1.29 is 23.1 Å². The highest BCUT2D eigenvalue weighted by molar-refractivity contribution is 7.99. The lowest BCUT2D eigenvalue weighted by Gasteiger charge is -2.23. The molecule has 0 aliphatic rings. The Labute approximate surface area is 156 Å². The van der Waals surface area contributed by atoms with Crippen LogP contribution in [0.3, 0.4) is 0 Å². The minimum absolute atomic E-state index is 0.0867. The lowest BCUT2D eigenvalue weighted by atomic mass is 9.88. The van der Waals surface area contributed by atoms with Crippen LogP contribution in [-0.4, -0.2) is 34.8 Å². The van der Waals surface area contributed by atoms with Gasteiger partial charge in [-0.2, -0.15) is 24.9 Å². The zero-order valence-corrected chi connectivity index (χ0v) is 15.4. The van der Waals surface area contributed by atoms with Gasteiger partial charge in [-0.25, -0.2) is 0 Å². The van der Waals surface area contributed by atoms with Crippen molar-refractivity contribution in [3.8, 4) is 0 Å². The first-order valence-corrected chi connectivity index (χ1v) is 9.38. The molecule has 0 heterocycles. The second-order valence-electron chi connectivity index (χ2n) is 5.78. The predicted molar refractivity (Wildman–Crippen MR) is 102 cm³/mol. The molecule has 1 aromatic rings. The van der Waals surface area contributed by atoms with Gasteiger partial charge < -0.3 is 10.8 Å². The summed E-state index contributed by atoms with van der Waals surface area (Å²) in [6, 6.07) is 3.89. The van der Waals surface area contributed by atoms with E-state index in [1.807, 2.05) is 0 Å². The molecule has 7 heteroatoms. The van der Waals surface area contributed by atoms with Crippen LogP contribution in [0.15, 0.2) is 30.9 Å². The summed E-state index contributed by atoms with van der Waals surface area (Å²) in [6.07, 6.45) is 0.765. The Kier molecular flexibility index (Phi) is 8.95. The van der Waals surface area contributed by atoms with Crippen LogP contribution in [0, 0.1) is 0 Å². The fraction of sp³-hybridized carbons (Fsp3) is 0.421. The van der Waals surface area contributed by atoms with E-state index in [0.29, 0.717) is 16.9 Å². The Morgan fingerprint density at radius 3 is 2.54 bits per heavy atom. The first kappa shape index (κ1) is 22.3. The SMILES string of the molecule is C=Cc1c(/C=C\C)cccc1C(CCSCCC(N)C(=O)O)C(F)(F)F. The maximum atomic E-state index is 13.6. The van der Waals surface area contributed by atoms with Gasteiger partial charge in [0, 0.05) is 0 Å². The number of allylic oxidation sites excluding steroid dienone is 1. The van der Waals surface area contributed by atoms with E-state index in [0.717, 1.165) is 0 Å². The molecule has 0 amide bonds. The molecule has 0 saturated carbocycles. The lowest BCUT2D eigenvalue weighted by Crippen LogP contribution is -2.30. The van der Waals surface area contributed by atoms with E-state index < -0.39 is 24.1 Å². The van der Waals surface area contributed by atoms with E-state index in [1.54, 1.807) is 31.2 Å². The number of nitrogens with two attached hydrogens (primary N) is 1. The number of carboxylic acids is 1. The van der Waals surface area contributed by atoms with Gasteiger partial charge >= 0.3 is 12.1 Å². The average Bonchev–Trinajstić information content (AvgIpc) is 2.56. The van der Waals surface area contributed by atoms with Crippen molar-refractivity contribution in [1.29, 1.82) is 0 Å². The van der Waals surface area contributed by atoms with Crippen molar-refractivity contribution in [2.75, 3.05) is 11.5 Å². The third-order valence-corrected chi connectivity index (χ3v) is 4.98. The number of hydrogen-bond donors (Lipinski definition) is 2. The number of carbonyl (C=O) groups is 1. The molecular formula is C19H24F3NO2S. The third kappa shape index (κ3) is 6.53. The summed E-state index contributed by atoms with van der Waals surface area (Å²) in [5, 5.41) is 8.71. The quantitative estimate of drug-likeness (QED) is 0.559. The maximum absolute atomic E-state index is 13.6. The molecule has 0 spiro atoms. The highest BCUT2D eigenvalue weighted by Crippen LogP contribution is 2.40. The van der Waals surface area contributed by atoms with Crippen molar-refractivity contribution in [2.24, 2.45) is 5.73 Å². The molecule has 0 fully saturated rings. The molecular weight excluding hydrogens is 363 g/mol. The normalized spacial score (nSPS) is 14.3. The van der Waals surface area contributed by atoms with Gasteiger partial charge in [0.25, 0.3) is 0 Å². The number of benzene rings is 1. The molecule has 2 atom stereocenters. The van der Waals surface area contributed by atoms with Gasteiger partial charge in [0.05, 0.1) is 5.92 Å². The number of hydrogen-bond acceptors (Lipinski definition) is 3. The molecule has 144 valence electrons. The molecule has 2 unspecified atom stereocenters. The van der Waals surface area contributed by atoms with Gasteiger partial charge in [-0.1, -0.05) is 43.0 Å². The molecule has 0 aliphatic heterocycles. The topological polar surface area (TPSA) is 63.3 Å². The van der Waals surface area contributed by atoms with Crippen LogP contribution in [0.2, 0.25) is 0 Å². The fourth-order valence-corrected chi connectivity index (χ4v) is 3.63. The largest absolute Gasteiger partial charge is 0.480 e. The van der Waals surface area contributed by atoms with Crippen LogP contribution < -0.4 is 5.73 Å². The molecule has 1 rings (SSSR count). The average molecular weight is 387 g/mol. The molecule has 3 N–H and O–H groups in total. The minimum atomic E-state index is -4.37. The monoisotopic (exact) mass is 387 g/mol. The fourth-order valence-electron chi connectivity index (χ4n) is 2.60. The molecule has 0 saturated heterocycles. The molecule has 26 heavy (non-hydrogen) atoms. The van der Waals surface area contributed by atoms with E-state index in [4.69, 9.17) is 10.8 Å². The Balaban J connectivity index is 2.88. The van der Waals surface area contributed by atoms with Gasteiger partial charge in [0.1, 0.15) is 6.04 Å². The number of alkyl halides is 3. The van der Waals surface area contributed by atoms with Crippen LogP contribution in [0.1, 0.15) is 42.4 Å². The van der Waals surface area contributed by atoms with Crippen molar-refractivity contribution >= 4 is 29.9 Å². The molecule has 0 radical (unpaired) electrons. The highest BCUT2D eigenvalue weighted by Gasteiger charge is 2.41. The summed E-state index contributed by atoms with van der Waals surface area (Å²) >= 11 is 1.28. The molecule has 1 aromatic carbocycles. The van der Waals surface area contributed by atoms with E-state index in [9.17, 15) is 18.0 Å². The van der Waals surface area contributed by atoms with Gasteiger partial charge in [-0.3, -0.25) is 4.79 Å². The number of rotatable bonds is 10. The number of halogens is 3. The Morgan fingerprint density at radius 1 is 1.35 bits per heavy atom. The van der Waals surface area contributed by atoms with Crippen LogP contribution in [0.25, 0.3) is 12.2 Å². The number of carboxylic acid groups (broad SMARTS) is 1. The molecule has 3 nitrogen and oxygen atoms in total. The smallest absolute Gasteiger partial charge is 0.395 e. The van der Waals surface area contributed by atoms with E-state index in [2.05, 4.69) is 6.58 Å². The minimum Gasteiger partial charge on any atom is -0.480 e. The van der Waals surface area contributed by atoms with Gasteiger partial charge in [0.2, 0.25) is 0 Å². The third-order valence-electron chi connectivity index (χ3n) is 3.94. The molecule has 0 aliphatic carbocycles.